The maximum absolute atomic E-state index is 13.0. The first-order chi connectivity index (χ1) is 14.7. The highest BCUT2D eigenvalue weighted by molar-refractivity contribution is 5.75. The highest BCUT2D eigenvalue weighted by Gasteiger charge is 2.41. The molecule has 6 heteroatoms. The molecule has 3 unspecified atom stereocenters. The maximum Gasteiger partial charge on any atom is 0.310 e. The first-order valence-electron chi connectivity index (χ1n) is 10.6. The number of carbonyl (C=O) groups is 1. The summed E-state index contributed by atoms with van der Waals surface area (Å²) >= 11 is 0. The van der Waals surface area contributed by atoms with E-state index in [0.717, 1.165) is 34.9 Å². The van der Waals surface area contributed by atoms with Crippen molar-refractivity contribution in [3.05, 3.63) is 53.6 Å². The van der Waals surface area contributed by atoms with Crippen LogP contribution in [0.1, 0.15) is 43.7 Å². The third-order valence-corrected chi connectivity index (χ3v) is 5.52. The Morgan fingerprint density at radius 2 is 1.63 bits per heavy atom. The number of piperidine rings is 1. The van der Waals surface area contributed by atoms with Gasteiger partial charge in [0.05, 0.1) is 19.6 Å². The van der Waals surface area contributed by atoms with Crippen molar-refractivity contribution in [2.75, 3.05) is 33.6 Å². The molecule has 1 saturated heterocycles. The van der Waals surface area contributed by atoms with Crippen LogP contribution in [0.4, 0.5) is 0 Å². The van der Waals surface area contributed by atoms with Crippen LogP contribution in [0.25, 0.3) is 0 Å². The zero-order valence-corrected chi connectivity index (χ0v) is 18.1. The van der Waals surface area contributed by atoms with E-state index in [1.165, 1.54) is 0 Å². The van der Waals surface area contributed by atoms with Crippen LogP contribution in [-0.4, -0.2) is 39.6 Å². The molecule has 2 aliphatic heterocycles. The molecular formula is C24H31NO5. The highest BCUT2D eigenvalue weighted by Crippen LogP contribution is 2.42. The fourth-order valence-corrected chi connectivity index (χ4v) is 4.14. The number of methoxy groups -OCH3 is 1. The molecule has 1 fully saturated rings. The van der Waals surface area contributed by atoms with E-state index < -0.39 is 0 Å². The smallest absolute Gasteiger partial charge is 0.310 e. The lowest BCUT2D eigenvalue weighted by molar-refractivity contribution is -0.150. The lowest BCUT2D eigenvalue weighted by Gasteiger charge is -2.37. The van der Waals surface area contributed by atoms with Gasteiger partial charge in [0.2, 0.25) is 6.79 Å². The molecule has 162 valence electrons. The lowest BCUT2D eigenvalue weighted by atomic mass is 9.72. The van der Waals surface area contributed by atoms with E-state index in [1.54, 1.807) is 7.11 Å². The maximum atomic E-state index is 13.0. The molecule has 30 heavy (non-hydrogen) atoms. The Morgan fingerprint density at radius 1 is 1.00 bits per heavy atom. The second-order valence-corrected chi connectivity index (χ2v) is 7.03. The number of nitrogens with one attached hydrogen (secondary N) is 1. The fraction of sp³-hybridized carbons (Fsp3) is 0.458. The third-order valence-electron chi connectivity index (χ3n) is 5.52. The molecule has 0 radical (unpaired) electrons. The van der Waals surface area contributed by atoms with Gasteiger partial charge in [0, 0.05) is 24.9 Å². The summed E-state index contributed by atoms with van der Waals surface area (Å²) in [5.74, 6) is 1.82. The molecule has 6 nitrogen and oxygen atoms in total. The zero-order chi connectivity index (χ0) is 21.5. The summed E-state index contributed by atoms with van der Waals surface area (Å²) in [4.78, 5) is 13.0. The van der Waals surface area contributed by atoms with Crippen LogP contribution < -0.4 is 19.5 Å². The predicted octanol–water partition coefficient (Wildman–Crippen LogP) is 4.10. The molecule has 2 aromatic rings. The van der Waals surface area contributed by atoms with Crippen molar-refractivity contribution in [2.24, 2.45) is 5.92 Å². The second-order valence-electron chi connectivity index (χ2n) is 7.03. The quantitative estimate of drug-likeness (QED) is 0.745. The number of hydrogen-bond donors (Lipinski definition) is 1. The minimum absolute atomic E-state index is 0.00845. The lowest BCUT2D eigenvalue weighted by Crippen LogP contribution is -2.45. The first-order valence-corrected chi connectivity index (χ1v) is 10.6. The van der Waals surface area contributed by atoms with Gasteiger partial charge in [-0.2, -0.15) is 0 Å². The van der Waals surface area contributed by atoms with E-state index in [9.17, 15) is 4.79 Å². The van der Waals surface area contributed by atoms with Crippen molar-refractivity contribution in [3.63, 3.8) is 0 Å². The Balaban J connectivity index is 0.00000124. The summed E-state index contributed by atoms with van der Waals surface area (Å²) < 4.78 is 21.7. The topological polar surface area (TPSA) is 66.0 Å². The van der Waals surface area contributed by atoms with E-state index >= 15 is 0 Å². The van der Waals surface area contributed by atoms with E-state index in [2.05, 4.69) is 5.32 Å². The van der Waals surface area contributed by atoms with Crippen LogP contribution >= 0.6 is 0 Å². The standard InChI is InChI=1S/C22H25NO5.C2H6/c1-3-26-22(24)21-17(14-4-7-16(25-2)8-5-14)11-23-12-18(21)15-6-9-19-20(10-15)28-13-27-19;1-2/h4-10,17-18,21,23H,3,11-13H2,1-2H3;1-2H3. The van der Waals surface area contributed by atoms with Crippen LogP contribution in [0.5, 0.6) is 17.2 Å². The Kier molecular flexibility index (Phi) is 7.57. The number of esters is 1. The summed E-state index contributed by atoms with van der Waals surface area (Å²) in [5.41, 5.74) is 2.14. The Hall–Kier alpha value is -2.73. The molecule has 0 aromatic heterocycles. The number of carbonyl (C=O) groups excluding carboxylic acids is 1. The molecule has 0 bridgehead atoms. The number of fused-ring (bicyclic) bond motifs is 1. The molecule has 3 atom stereocenters. The van der Waals surface area contributed by atoms with Crippen molar-refractivity contribution < 1.29 is 23.7 Å². The first kappa shape index (κ1) is 22.0. The van der Waals surface area contributed by atoms with E-state index in [1.807, 2.05) is 63.2 Å². The fourth-order valence-electron chi connectivity index (χ4n) is 4.14. The third kappa shape index (κ3) is 4.54. The van der Waals surface area contributed by atoms with Crippen LogP contribution in [0.3, 0.4) is 0 Å². The molecule has 0 amide bonds. The average molecular weight is 414 g/mol. The molecule has 1 N–H and O–H groups in total. The normalized spacial score (nSPS) is 21.9. The minimum atomic E-state index is -0.282. The van der Waals surface area contributed by atoms with E-state index in [0.29, 0.717) is 13.2 Å². The Bertz CT molecular complexity index is 836. The van der Waals surface area contributed by atoms with Crippen molar-refractivity contribution in [3.8, 4) is 17.2 Å². The van der Waals surface area contributed by atoms with Gasteiger partial charge in [0.15, 0.2) is 11.5 Å². The summed E-state index contributed by atoms with van der Waals surface area (Å²) in [6.07, 6.45) is 0. The zero-order valence-electron chi connectivity index (χ0n) is 18.1. The molecule has 2 aromatic carbocycles. The van der Waals surface area contributed by atoms with Gasteiger partial charge in [0.1, 0.15) is 5.75 Å². The van der Waals surface area contributed by atoms with Gasteiger partial charge >= 0.3 is 5.97 Å². The number of rotatable bonds is 5. The number of hydrogen-bond acceptors (Lipinski definition) is 6. The predicted molar refractivity (Wildman–Crippen MR) is 115 cm³/mol. The molecular weight excluding hydrogens is 382 g/mol. The molecule has 4 rings (SSSR count). The van der Waals surface area contributed by atoms with E-state index in [-0.39, 0.29) is 30.5 Å². The second kappa shape index (κ2) is 10.3. The van der Waals surface area contributed by atoms with E-state index in [4.69, 9.17) is 18.9 Å². The molecule has 0 aliphatic carbocycles. The van der Waals surface area contributed by atoms with Gasteiger partial charge < -0.3 is 24.3 Å². The summed E-state index contributed by atoms with van der Waals surface area (Å²) in [6.45, 7) is 7.87. The van der Waals surface area contributed by atoms with Crippen molar-refractivity contribution in [1.29, 1.82) is 0 Å². The Labute approximate surface area is 178 Å². The monoisotopic (exact) mass is 413 g/mol. The summed E-state index contributed by atoms with van der Waals surface area (Å²) in [7, 11) is 1.65. The van der Waals surface area contributed by atoms with Crippen molar-refractivity contribution in [1.82, 2.24) is 5.32 Å². The van der Waals surface area contributed by atoms with Gasteiger partial charge in [-0.3, -0.25) is 4.79 Å². The number of ether oxygens (including phenoxy) is 4. The molecule has 0 saturated carbocycles. The molecule has 2 heterocycles. The van der Waals surface area contributed by atoms with Crippen LogP contribution in [0.15, 0.2) is 42.5 Å². The van der Waals surface area contributed by atoms with Gasteiger partial charge in [0.25, 0.3) is 0 Å². The van der Waals surface area contributed by atoms with Crippen molar-refractivity contribution >= 4 is 5.97 Å². The Morgan fingerprint density at radius 3 is 2.30 bits per heavy atom. The van der Waals surface area contributed by atoms with Crippen LogP contribution in [-0.2, 0) is 9.53 Å². The minimum Gasteiger partial charge on any atom is -0.497 e. The van der Waals surface area contributed by atoms with Crippen LogP contribution in [0.2, 0.25) is 0 Å². The summed E-state index contributed by atoms with van der Waals surface area (Å²) in [6, 6.07) is 13.8. The van der Waals surface area contributed by atoms with Crippen LogP contribution in [0, 0.1) is 5.92 Å². The molecule has 2 aliphatic rings. The largest absolute Gasteiger partial charge is 0.497 e. The van der Waals surface area contributed by atoms with Crippen molar-refractivity contribution in [2.45, 2.75) is 32.6 Å². The van der Waals surface area contributed by atoms with Gasteiger partial charge in [-0.25, -0.2) is 0 Å². The van der Waals surface area contributed by atoms with Gasteiger partial charge in [-0.1, -0.05) is 32.0 Å². The van der Waals surface area contributed by atoms with Gasteiger partial charge in [-0.15, -0.1) is 0 Å². The number of benzene rings is 2. The SMILES string of the molecule is CC.CCOC(=O)C1C(c2ccc(OC)cc2)CNCC1c1ccc2c(c1)OCO2. The highest BCUT2D eigenvalue weighted by atomic mass is 16.7. The van der Waals surface area contributed by atoms with Gasteiger partial charge in [-0.05, 0) is 42.3 Å². The average Bonchev–Trinajstić information content (AvgIpc) is 3.28. The molecule has 0 spiro atoms. The summed E-state index contributed by atoms with van der Waals surface area (Å²) in [5, 5.41) is 3.49.